The first kappa shape index (κ1) is 8.97. The zero-order valence-corrected chi connectivity index (χ0v) is 7.21. The molecular weight excluding hydrogens is 142 g/mol. The molecule has 0 aliphatic carbocycles. The minimum Gasteiger partial charge on any atom is -0.376 e. The van der Waals surface area contributed by atoms with E-state index >= 15 is 0 Å². The van der Waals surface area contributed by atoms with Crippen molar-refractivity contribution in [2.45, 2.75) is 31.9 Å². The van der Waals surface area contributed by atoms with Crippen molar-refractivity contribution in [2.24, 2.45) is 0 Å². The lowest BCUT2D eigenvalue weighted by atomic mass is 10.2. The molecule has 1 saturated heterocycles. The van der Waals surface area contributed by atoms with Gasteiger partial charge in [-0.3, -0.25) is 0 Å². The van der Waals surface area contributed by atoms with Crippen LogP contribution in [0, 0.1) is 0 Å². The van der Waals surface area contributed by atoms with Crippen LogP contribution in [0.5, 0.6) is 0 Å². The van der Waals surface area contributed by atoms with E-state index in [2.05, 4.69) is 12.7 Å². The first-order chi connectivity index (χ1) is 5.29. The Balaban J connectivity index is 1.94. The highest BCUT2D eigenvalue weighted by Gasteiger charge is 2.15. The van der Waals surface area contributed by atoms with Crippen molar-refractivity contribution in [3.63, 3.8) is 0 Å². The molecule has 0 spiro atoms. The van der Waals surface area contributed by atoms with E-state index in [9.17, 15) is 0 Å². The predicted octanol–water partition coefficient (Wildman–Crippen LogP) is -0.188. The second-order valence-electron chi connectivity index (χ2n) is 3.28. The van der Waals surface area contributed by atoms with Crippen LogP contribution in [0.1, 0.15) is 19.8 Å². The third kappa shape index (κ3) is 3.70. The SMILES string of the molecule is C[C@H]([NH3+])COC[C@H]1CCCO1. The van der Waals surface area contributed by atoms with Gasteiger partial charge in [0.05, 0.1) is 19.3 Å². The molecule has 3 N–H and O–H groups in total. The molecule has 3 nitrogen and oxygen atoms in total. The Labute approximate surface area is 67.9 Å². The van der Waals surface area contributed by atoms with Crippen LogP contribution >= 0.6 is 0 Å². The highest BCUT2D eigenvalue weighted by Crippen LogP contribution is 2.11. The molecule has 1 fully saturated rings. The highest BCUT2D eigenvalue weighted by molar-refractivity contribution is 4.63. The standard InChI is InChI=1S/C8H17NO2/c1-7(9)5-10-6-8-3-2-4-11-8/h7-8H,2-6,9H2,1H3/p+1/t7-,8+/m0/s1. The summed E-state index contributed by atoms with van der Waals surface area (Å²) in [5.41, 5.74) is 3.84. The summed E-state index contributed by atoms with van der Waals surface area (Å²) < 4.78 is 10.8. The molecule has 2 atom stereocenters. The van der Waals surface area contributed by atoms with Crippen LogP contribution < -0.4 is 5.73 Å². The van der Waals surface area contributed by atoms with Crippen LogP contribution in [0.2, 0.25) is 0 Å². The molecule has 1 heterocycles. The zero-order valence-electron chi connectivity index (χ0n) is 7.21. The van der Waals surface area contributed by atoms with Gasteiger partial charge < -0.3 is 15.2 Å². The van der Waals surface area contributed by atoms with E-state index in [1.807, 2.05) is 0 Å². The Bertz CT molecular complexity index is 100. The topological polar surface area (TPSA) is 46.1 Å². The van der Waals surface area contributed by atoms with Crippen molar-refractivity contribution in [3.8, 4) is 0 Å². The first-order valence-corrected chi connectivity index (χ1v) is 4.31. The van der Waals surface area contributed by atoms with Crippen molar-refractivity contribution < 1.29 is 15.2 Å². The van der Waals surface area contributed by atoms with E-state index in [0.717, 1.165) is 26.2 Å². The minimum absolute atomic E-state index is 0.355. The van der Waals surface area contributed by atoms with E-state index in [1.165, 1.54) is 6.42 Å². The molecule has 11 heavy (non-hydrogen) atoms. The summed E-state index contributed by atoms with van der Waals surface area (Å²) in [5.74, 6) is 0. The zero-order chi connectivity index (χ0) is 8.10. The summed E-state index contributed by atoms with van der Waals surface area (Å²) in [7, 11) is 0. The van der Waals surface area contributed by atoms with Gasteiger partial charge in [0.2, 0.25) is 0 Å². The Kier molecular flexibility index (Phi) is 3.83. The molecule has 0 unspecified atom stereocenters. The average molecular weight is 160 g/mol. The normalized spacial score (nSPS) is 27.3. The molecule has 0 saturated carbocycles. The summed E-state index contributed by atoms with van der Waals surface area (Å²) in [6.07, 6.45) is 2.70. The maximum atomic E-state index is 5.39. The molecule has 0 amide bonds. The van der Waals surface area contributed by atoms with Crippen molar-refractivity contribution in [1.29, 1.82) is 0 Å². The fraction of sp³-hybridized carbons (Fsp3) is 1.00. The van der Waals surface area contributed by atoms with E-state index in [1.54, 1.807) is 0 Å². The van der Waals surface area contributed by atoms with Crippen LogP contribution in [0.4, 0.5) is 0 Å². The summed E-state index contributed by atoms with van der Waals surface area (Å²) in [6.45, 7) is 4.46. The summed E-state index contributed by atoms with van der Waals surface area (Å²) in [4.78, 5) is 0. The fourth-order valence-corrected chi connectivity index (χ4v) is 1.18. The Morgan fingerprint density at radius 2 is 2.55 bits per heavy atom. The van der Waals surface area contributed by atoms with Gasteiger partial charge in [-0.15, -0.1) is 0 Å². The van der Waals surface area contributed by atoms with Crippen LogP contribution in [-0.4, -0.2) is 32.0 Å². The fourth-order valence-electron chi connectivity index (χ4n) is 1.18. The molecule has 66 valence electrons. The van der Waals surface area contributed by atoms with Gasteiger partial charge in [-0.1, -0.05) is 0 Å². The molecule has 0 aromatic rings. The van der Waals surface area contributed by atoms with E-state index in [-0.39, 0.29) is 0 Å². The molecule has 1 aliphatic heterocycles. The van der Waals surface area contributed by atoms with Crippen LogP contribution in [0.3, 0.4) is 0 Å². The van der Waals surface area contributed by atoms with Gasteiger partial charge in [-0.2, -0.15) is 0 Å². The first-order valence-electron chi connectivity index (χ1n) is 4.31. The Morgan fingerprint density at radius 1 is 1.73 bits per heavy atom. The third-order valence-electron chi connectivity index (χ3n) is 1.73. The van der Waals surface area contributed by atoms with Crippen LogP contribution in [0.15, 0.2) is 0 Å². The van der Waals surface area contributed by atoms with Crippen LogP contribution in [-0.2, 0) is 9.47 Å². The van der Waals surface area contributed by atoms with Gasteiger partial charge >= 0.3 is 0 Å². The third-order valence-corrected chi connectivity index (χ3v) is 1.73. The molecule has 0 aromatic carbocycles. The quantitative estimate of drug-likeness (QED) is 0.619. The summed E-state index contributed by atoms with van der Waals surface area (Å²) >= 11 is 0. The monoisotopic (exact) mass is 160 g/mol. The number of hydrogen-bond donors (Lipinski definition) is 1. The molecule has 1 aliphatic rings. The van der Waals surface area contributed by atoms with Crippen LogP contribution in [0.25, 0.3) is 0 Å². The van der Waals surface area contributed by atoms with Gasteiger partial charge in [0.15, 0.2) is 0 Å². The lowest BCUT2D eigenvalue weighted by Gasteiger charge is -2.09. The summed E-state index contributed by atoms with van der Waals surface area (Å²) in [6, 6.07) is 0.386. The lowest BCUT2D eigenvalue weighted by Crippen LogP contribution is -2.61. The molecule has 0 bridgehead atoms. The Hall–Kier alpha value is -0.120. The van der Waals surface area contributed by atoms with Gasteiger partial charge in [0, 0.05) is 6.61 Å². The van der Waals surface area contributed by atoms with Crippen molar-refractivity contribution in [1.82, 2.24) is 0 Å². The largest absolute Gasteiger partial charge is 0.376 e. The lowest BCUT2D eigenvalue weighted by molar-refractivity contribution is -0.421. The smallest absolute Gasteiger partial charge is 0.105 e. The number of rotatable bonds is 4. The van der Waals surface area contributed by atoms with Gasteiger partial charge in [0.1, 0.15) is 6.04 Å². The number of hydrogen-bond acceptors (Lipinski definition) is 2. The van der Waals surface area contributed by atoms with Gasteiger partial charge in [0.25, 0.3) is 0 Å². The summed E-state index contributed by atoms with van der Waals surface area (Å²) in [5, 5.41) is 0. The van der Waals surface area contributed by atoms with Crippen molar-refractivity contribution >= 4 is 0 Å². The van der Waals surface area contributed by atoms with Gasteiger partial charge in [-0.25, -0.2) is 0 Å². The number of ether oxygens (including phenoxy) is 2. The maximum Gasteiger partial charge on any atom is 0.105 e. The Morgan fingerprint density at radius 3 is 3.09 bits per heavy atom. The predicted molar refractivity (Wildman–Crippen MR) is 42.1 cm³/mol. The second kappa shape index (κ2) is 4.70. The minimum atomic E-state index is 0.355. The highest BCUT2D eigenvalue weighted by atomic mass is 16.5. The van der Waals surface area contributed by atoms with E-state index in [0.29, 0.717) is 12.1 Å². The number of quaternary nitrogens is 1. The van der Waals surface area contributed by atoms with E-state index in [4.69, 9.17) is 9.47 Å². The second-order valence-corrected chi connectivity index (χ2v) is 3.28. The molecule has 0 radical (unpaired) electrons. The van der Waals surface area contributed by atoms with E-state index < -0.39 is 0 Å². The molecule has 0 aromatic heterocycles. The maximum absolute atomic E-state index is 5.39. The van der Waals surface area contributed by atoms with Gasteiger partial charge in [-0.05, 0) is 19.8 Å². The molecule has 3 heteroatoms. The van der Waals surface area contributed by atoms with Crippen molar-refractivity contribution in [2.75, 3.05) is 19.8 Å². The molecular formula is C8H18NO2+. The average Bonchev–Trinajstić information content (AvgIpc) is 2.39. The van der Waals surface area contributed by atoms with Crippen molar-refractivity contribution in [3.05, 3.63) is 0 Å². The molecule has 1 rings (SSSR count).